The van der Waals surface area contributed by atoms with Crippen LogP contribution in [-0.2, 0) is 32.6 Å². The number of sulfonamides is 1. The van der Waals surface area contributed by atoms with Crippen molar-refractivity contribution in [3.05, 3.63) is 130 Å². The summed E-state index contributed by atoms with van der Waals surface area (Å²) >= 11 is 12.6. The van der Waals surface area contributed by atoms with Gasteiger partial charge < -0.3 is 10.2 Å². The molecule has 2 atom stereocenters. The van der Waals surface area contributed by atoms with Crippen LogP contribution in [0.2, 0.25) is 10.0 Å². The molecule has 2 amide bonds. The van der Waals surface area contributed by atoms with Crippen molar-refractivity contribution in [1.29, 1.82) is 0 Å². The van der Waals surface area contributed by atoms with Crippen LogP contribution in [0.4, 0.5) is 10.1 Å². The fourth-order valence-electron chi connectivity index (χ4n) is 4.85. The van der Waals surface area contributed by atoms with Gasteiger partial charge in [-0.2, -0.15) is 0 Å². The minimum Gasteiger partial charge on any atom is -0.352 e. The van der Waals surface area contributed by atoms with Crippen molar-refractivity contribution >= 4 is 50.7 Å². The average molecular weight is 685 g/mol. The summed E-state index contributed by atoms with van der Waals surface area (Å²) in [4.78, 5) is 29.5. The number of carbonyl (C=O) groups excluding carboxylic acids is 2. The monoisotopic (exact) mass is 683 g/mol. The Bertz CT molecular complexity index is 1750. The van der Waals surface area contributed by atoms with E-state index in [4.69, 9.17) is 23.2 Å². The number of amides is 2. The van der Waals surface area contributed by atoms with E-state index in [2.05, 4.69) is 5.32 Å². The number of hydrogen-bond donors (Lipinski definition) is 1. The van der Waals surface area contributed by atoms with Gasteiger partial charge in [-0.1, -0.05) is 96.4 Å². The second kappa shape index (κ2) is 15.6. The van der Waals surface area contributed by atoms with Crippen molar-refractivity contribution in [1.82, 2.24) is 10.2 Å². The van der Waals surface area contributed by atoms with Crippen molar-refractivity contribution in [2.24, 2.45) is 0 Å². The van der Waals surface area contributed by atoms with Crippen molar-refractivity contribution in [3.8, 4) is 0 Å². The summed E-state index contributed by atoms with van der Waals surface area (Å²) < 4.78 is 44.3. The van der Waals surface area contributed by atoms with Gasteiger partial charge in [0.15, 0.2) is 0 Å². The van der Waals surface area contributed by atoms with E-state index in [1.807, 2.05) is 51.1 Å². The number of benzene rings is 4. The Labute approximate surface area is 280 Å². The van der Waals surface area contributed by atoms with Gasteiger partial charge in [-0.3, -0.25) is 13.9 Å². The highest BCUT2D eigenvalue weighted by atomic mass is 35.5. The fourth-order valence-corrected chi connectivity index (χ4v) is 6.77. The highest BCUT2D eigenvalue weighted by molar-refractivity contribution is 7.92. The topological polar surface area (TPSA) is 86.8 Å². The van der Waals surface area contributed by atoms with Crippen LogP contribution in [0.1, 0.15) is 37.0 Å². The van der Waals surface area contributed by atoms with Crippen molar-refractivity contribution < 1.29 is 22.4 Å². The Balaban J connectivity index is 1.84. The summed E-state index contributed by atoms with van der Waals surface area (Å²) in [5.74, 6) is -1.73. The lowest BCUT2D eigenvalue weighted by atomic mass is 10.0. The first-order chi connectivity index (χ1) is 21.9. The van der Waals surface area contributed by atoms with E-state index in [0.29, 0.717) is 6.42 Å². The molecule has 1 N–H and O–H groups in total. The lowest BCUT2D eigenvalue weighted by Gasteiger charge is -2.34. The van der Waals surface area contributed by atoms with Gasteiger partial charge in [-0.25, -0.2) is 12.8 Å². The van der Waals surface area contributed by atoms with E-state index in [-0.39, 0.29) is 45.2 Å². The lowest BCUT2D eigenvalue weighted by molar-refractivity contribution is -0.140. The van der Waals surface area contributed by atoms with Crippen LogP contribution in [0.15, 0.2) is 102 Å². The molecule has 0 saturated heterocycles. The molecule has 46 heavy (non-hydrogen) atoms. The van der Waals surface area contributed by atoms with Gasteiger partial charge in [0.1, 0.15) is 18.4 Å². The quantitative estimate of drug-likeness (QED) is 0.162. The van der Waals surface area contributed by atoms with Crippen LogP contribution >= 0.6 is 23.2 Å². The molecular weight excluding hydrogens is 648 g/mol. The number of halogens is 3. The Morgan fingerprint density at radius 2 is 1.50 bits per heavy atom. The predicted molar refractivity (Wildman–Crippen MR) is 181 cm³/mol. The van der Waals surface area contributed by atoms with Crippen LogP contribution in [0, 0.1) is 12.7 Å². The highest BCUT2D eigenvalue weighted by Crippen LogP contribution is 2.30. The summed E-state index contributed by atoms with van der Waals surface area (Å²) in [6, 6.07) is 24.2. The Morgan fingerprint density at radius 1 is 0.891 bits per heavy atom. The molecule has 0 aliphatic rings. The summed E-state index contributed by atoms with van der Waals surface area (Å²) in [6.45, 7) is 4.59. The maximum absolute atomic E-state index is 15.1. The number of aryl methyl sites for hydroxylation is 1. The first-order valence-corrected chi connectivity index (χ1v) is 17.0. The number of hydrogen-bond acceptors (Lipinski definition) is 4. The third kappa shape index (κ3) is 8.87. The largest absolute Gasteiger partial charge is 0.352 e. The molecule has 0 heterocycles. The van der Waals surface area contributed by atoms with Gasteiger partial charge in [-0.15, -0.1) is 0 Å². The van der Waals surface area contributed by atoms with Crippen LogP contribution in [-0.4, -0.2) is 43.8 Å². The SMILES string of the molecule is CC[C@@H](C)NC(=O)[C@H](Cc1ccccc1)N(Cc1ccccc1F)C(=O)CN(c1cc(Cl)cc(Cl)c1)S(=O)(=O)c1ccc(C)cc1. The molecule has 0 spiro atoms. The summed E-state index contributed by atoms with van der Waals surface area (Å²) in [6.07, 6.45) is 0.750. The maximum atomic E-state index is 15.1. The Hall–Kier alpha value is -3.92. The number of carbonyl (C=O) groups is 2. The van der Waals surface area contributed by atoms with Gasteiger partial charge >= 0.3 is 0 Å². The van der Waals surface area contributed by atoms with E-state index in [9.17, 15) is 18.0 Å². The van der Waals surface area contributed by atoms with E-state index in [0.717, 1.165) is 15.4 Å². The number of nitrogens with zero attached hydrogens (tertiary/aromatic N) is 2. The van der Waals surface area contributed by atoms with Crippen molar-refractivity contribution in [3.63, 3.8) is 0 Å². The molecule has 242 valence electrons. The fraction of sp³-hybridized carbons (Fsp3) is 0.257. The zero-order valence-corrected chi connectivity index (χ0v) is 28.1. The molecule has 7 nitrogen and oxygen atoms in total. The Kier molecular flexibility index (Phi) is 11.8. The van der Waals surface area contributed by atoms with Crippen LogP contribution in [0.25, 0.3) is 0 Å². The molecule has 11 heteroatoms. The molecule has 0 unspecified atom stereocenters. The molecule has 0 bridgehead atoms. The second-order valence-electron chi connectivity index (χ2n) is 11.1. The second-order valence-corrected chi connectivity index (χ2v) is 13.8. The normalized spacial score (nSPS) is 12.7. The van der Waals surface area contributed by atoms with Gasteiger partial charge in [-0.05, 0) is 62.2 Å². The molecule has 0 aliphatic carbocycles. The molecular formula is C35H36Cl2FN3O4S. The van der Waals surface area contributed by atoms with E-state index < -0.39 is 40.2 Å². The molecule has 0 aromatic heterocycles. The molecule has 0 aliphatic heterocycles. The standard InChI is InChI=1S/C35H36Cl2FN3O4S/c1-4-25(3)39-35(43)33(18-26-10-6-5-7-11-26)40(22-27-12-8-9-13-32(27)38)34(42)23-41(30-20-28(36)19-29(37)21-30)46(44,45)31-16-14-24(2)15-17-31/h5-17,19-21,25,33H,4,18,22-23H2,1-3H3,(H,39,43)/t25-,33+/m1/s1. The van der Waals surface area contributed by atoms with Crippen molar-refractivity contribution in [2.75, 3.05) is 10.8 Å². The van der Waals surface area contributed by atoms with E-state index in [1.54, 1.807) is 18.2 Å². The lowest BCUT2D eigenvalue weighted by Crippen LogP contribution is -2.54. The number of anilines is 1. The maximum Gasteiger partial charge on any atom is 0.264 e. The predicted octanol–water partition coefficient (Wildman–Crippen LogP) is 7.19. The van der Waals surface area contributed by atoms with Crippen LogP contribution < -0.4 is 9.62 Å². The molecule has 0 saturated carbocycles. The first kappa shape index (κ1) is 34.9. The highest BCUT2D eigenvalue weighted by Gasteiger charge is 2.35. The van der Waals surface area contributed by atoms with Crippen LogP contribution in [0.3, 0.4) is 0 Å². The number of nitrogens with one attached hydrogen (secondary N) is 1. The average Bonchev–Trinajstić information content (AvgIpc) is 3.02. The minimum atomic E-state index is -4.35. The third-order valence-corrected chi connectivity index (χ3v) is 9.82. The first-order valence-electron chi connectivity index (χ1n) is 14.8. The Morgan fingerprint density at radius 3 is 2.11 bits per heavy atom. The van der Waals surface area contributed by atoms with E-state index in [1.165, 1.54) is 53.4 Å². The van der Waals surface area contributed by atoms with Gasteiger partial charge in [0.2, 0.25) is 11.8 Å². The van der Waals surface area contributed by atoms with Gasteiger partial charge in [0, 0.05) is 34.6 Å². The molecule has 4 aromatic carbocycles. The minimum absolute atomic E-state index is 0.0564. The smallest absolute Gasteiger partial charge is 0.264 e. The van der Waals surface area contributed by atoms with Crippen molar-refractivity contribution in [2.45, 2.75) is 57.1 Å². The van der Waals surface area contributed by atoms with Gasteiger partial charge in [0.05, 0.1) is 10.6 Å². The zero-order valence-electron chi connectivity index (χ0n) is 25.8. The number of rotatable bonds is 13. The van der Waals surface area contributed by atoms with Gasteiger partial charge in [0.25, 0.3) is 10.0 Å². The molecule has 4 aromatic rings. The summed E-state index contributed by atoms with van der Waals surface area (Å²) in [5.41, 5.74) is 1.84. The molecule has 4 rings (SSSR count). The zero-order chi connectivity index (χ0) is 33.4. The van der Waals surface area contributed by atoms with E-state index >= 15 is 4.39 Å². The molecule has 0 fully saturated rings. The molecule has 0 radical (unpaired) electrons. The summed E-state index contributed by atoms with van der Waals surface area (Å²) in [5, 5.41) is 3.28. The van der Waals surface area contributed by atoms with Crippen LogP contribution in [0.5, 0.6) is 0 Å². The third-order valence-electron chi connectivity index (χ3n) is 7.59. The summed E-state index contributed by atoms with van der Waals surface area (Å²) in [7, 11) is -4.35.